The Morgan fingerprint density at radius 1 is 1.11 bits per heavy atom. The third kappa shape index (κ3) is 9.39. The van der Waals surface area contributed by atoms with Crippen LogP contribution in [0.4, 0.5) is 5.69 Å². The van der Waals surface area contributed by atoms with Gasteiger partial charge >= 0.3 is 0 Å². The zero-order valence-corrected chi connectivity index (χ0v) is 24.0. The van der Waals surface area contributed by atoms with E-state index in [0.717, 1.165) is 24.7 Å². The summed E-state index contributed by atoms with van der Waals surface area (Å²) in [6.07, 6.45) is 3.17. The summed E-state index contributed by atoms with van der Waals surface area (Å²) in [5.74, 6) is -0.0781. The number of nitrogens with one attached hydrogen (secondary N) is 1. The fourth-order valence-corrected chi connectivity index (χ4v) is 5.19. The largest absolute Gasteiger partial charge is 0.495 e. The number of rotatable bonds is 14. The maximum absolute atomic E-state index is 13.3. The van der Waals surface area contributed by atoms with E-state index in [1.807, 2.05) is 13.0 Å². The molecule has 2 amide bonds. The van der Waals surface area contributed by atoms with Crippen molar-refractivity contribution in [3.05, 3.63) is 58.1 Å². The van der Waals surface area contributed by atoms with Gasteiger partial charge < -0.3 is 15.0 Å². The van der Waals surface area contributed by atoms with E-state index in [4.69, 9.17) is 27.9 Å². The van der Waals surface area contributed by atoms with Crippen molar-refractivity contribution in [2.75, 3.05) is 30.8 Å². The molecule has 2 rings (SSSR count). The van der Waals surface area contributed by atoms with Crippen molar-refractivity contribution in [1.82, 2.24) is 10.2 Å². The summed E-state index contributed by atoms with van der Waals surface area (Å²) in [6, 6.07) is 11.1. The van der Waals surface area contributed by atoms with Gasteiger partial charge in [-0.1, -0.05) is 48.7 Å². The molecule has 1 atom stereocenters. The number of carbonyl (C=O) groups excluding carboxylic acids is 2. The number of hydrogen-bond acceptors (Lipinski definition) is 5. The Bertz CT molecular complexity index is 1180. The summed E-state index contributed by atoms with van der Waals surface area (Å²) >= 11 is 12.3. The van der Waals surface area contributed by atoms with Gasteiger partial charge in [0.05, 0.1) is 24.1 Å². The number of anilines is 1. The number of halogens is 2. The fourth-order valence-electron chi connectivity index (χ4n) is 3.77. The van der Waals surface area contributed by atoms with Gasteiger partial charge in [-0.05, 0) is 55.7 Å². The lowest BCUT2D eigenvalue weighted by molar-refractivity contribution is -0.140. The van der Waals surface area contributed by atoms with Crippen LogP contribution in [-0.4, -0.2) is 57.6 Å². The first-order valence-corrected chi connectivity index (χ1v) is 14.7. The van der Waals surface area contributed by atoms with Crippen LogP contribution >= 0.6 is 23.2 Å². The average molecular weight is 573 g/mol. The van der Waals surface area contributed by atoms with Crippen molar-refractivity contribution in [2.45, 2.75) is 52.1 Å². The van der Waals surface area contributed by atoms with Crippen molar-refractivity contribution >= 4 is 50.7 Å². The molecule has 0 spiro atoms. The minimum Gasteiger partial charge on any atom is -0.495 e. The maximum Gasteiger partial charge on any atom is 0.242 e. The first-order chi connectivity index (χ1) is 17.5. The Labute approximate surface area is 229 Å². The number of amides is 2. The van der Waals surface area contributed by atoms with Crippen LogP contribution in [0.1, 0.15) is 45.1 Å². The van der Waals surface area contributed by atoms with E-state index in [0.29, 0.717) is 23.0 Å². The van der Waals surface area contributed by atoms with Crippen molar-refractivity contribution < 1.29 is 22.7 Å². The molecule has 0 radical (unpaired) electrons. The van der Waals surface area contributed by atoms with Crippen LogP contribution in [0.25, 0.3) is 0 Å². The highest BCUT2D eigenvalue weighted by Gasteiger charge is 2.26. The zero-order chi connectivity index (χ0) is 27.6. The van der Waals surface area contributed by atoms with E-state index in [1.54, 1.807) is 37.3 Å². The predicted molar refractivity (Wildman–Crippen MR) is 149 cm³/mol. The number of carbonyl (C=O) groups is 2. The Morgan fingerprint density at radius 2 is 1.84 bits per heavy atom. The topological polar surface area (TPSA) is 96.0 Å². The molecule has 1 unspecified atom stereocenters. The van der Waals surface area contributed by atoms with E-state index in [1.165, 1.54) is 22.4 Å². The number of ether oxygens (including phenoxy) is 1. The number of methoxy groups -OCH3 is 1. The molecule has 11 heteroatoms. The lowest BCUT2D eigenvalue weighted by atomic mass is 10.1. The highest BCUT2D eigenvalue weighted by molar-refractivity contribution is 7.92. The van der Waals surface area contributed by atoms with E-state index in [9.17, 15) is 18.0 Å². The molecular formula is C26H35Cl2N3O5S. The van der Waals surface area contributed by atoms with Gasteiger partial charge in [0.1, 0.15) is 11.8 Å². The number of sulfonamides is 1. The molecule has 0 aliphatic heterocycles. The van der Waals surface area contributed by atoms with Crippen LogP contribution in [-0.2, 0) is 26.2 Å². The van der Waals surface area contributed by atoms with Gasteiger partial charge in [0.15, 0.2) is 0 Å². The summed E-state index contributed by atoms with van der Waals surface area (Å²) in [4.78, 5) is 27.6. The normalized spacial score (nSPS) is 12.1. The van der Waals surface area contributed by atoms with Gasteiger partial charge in [-0.3, -0.25) is 13.9 Å². The average Bonchev–Trinajstić information content (AvgIpc) is 2.84. The summed E-state index contributed by atoms with van der Waals surface area (Å²) in [5.41, 5.74) is 1.17. The molecule has 0 bridgehead atoms. The zero-order valence-electron chi connectivity index (χ0n) is 21.7. The maximum atomic E-state index is 13.3. The van der Waals surface area contributed by atoms with E-state index in [-0.39, 0.29) is 42.8 Å². The third-order valence-electron chi connectivity index (χ3n) is 5.81. The molecule has 0 heterocycles. The molecule has 2 aromatic carbocycles. The second-order valence-corrected chi connectivity index (χ2v) is 11.5. The smallest absolute Gasteiger partial charge is 0.242 e. The molecule has 0 saturated carbocycles. The molecule has 1 N–H and O–H groups in total. The van der Waals surface area contributed by atoms with Gasteiger partial charge in [0, 0.05) is 31.1 Å². The highest BCUT2D eigenvalue weighted by atomic mass is 35.5. The Balaban J connectivity index is 2.17. The fraction of sp³-hybridized carbons (Fsp3) is 0.462. The molecule has 0 saturated heterocycles. The van der Waals surface area contributed by atoms with Crippen LogP contribution in [0.3, 0.4) is 0 Å². The Morgan fingerprint density at radius 3 is 2.43 bits per heavy atom. The SMILES string of the molecule is CCCCNC(=O)C(C)N(Cc1cccc(Cl)c1)C(=O)CCCN(c1ccc(OC)c(Cl)c1)S(C)(=O)=O. The van der Waals surface area contributed by atoms with Gasteiger partial charge in [-0.25, -0.2) is 8.42 Å². The van der Waals surface area contributed by atoms with Crippen LogP contribution in [0, 0.1) is 0 Å². The Kier molecular flexibility index (Phi) is 12.0. The van der Waals surface area contributed by atoms with Gasteiger partial charge in [0.2, 0.25) is 21.8 Å². The lowest BCUT2D eigenvalue weighted by Gasteiger charge is -2.29. The minimum absolute atomic E-state index is 0.0447. The number of benzene rings is 2. The van der Waals surface area contributed by atoms with Crippen LogP contribution < -0.4 is 14.4 Å². The molecular weight excluding hydrogens is 537 g/mol. The van der Waals surface area contributed by atoms with Crippen molar-refractivity contribution in [3.8, 4) is 5.75 Å². The van der Waals surface area contributed by atoms with Crippen molar-refractivity contribution in [3.63, 3.8) is 0 Å². The molecule has 204 valence electrons. The van der Waals surface area contributed by atoms with Crippen LogP contribution in [0.2, 0.25) is 10.0 Å². The van der Waals surface area contributed by atoms with Crippen LogP contribution in [0.15, 0.2) is 42.5 Å². The third-order valence-corrected chi connectivity index (χ3v) is 7.54. The number of nitrogens with zero attached hydrogens (tertiary/aromatic N) is 2. The quantitative estimate of drug-likeness (QED) is 0.326. The molecule has 0 aliphatic carbocycles. The summed E-state index contributed by atoms with van der Waals surface area (Å²) in [6.45, 7) is 4.52. The van der Waals surface area contributed by atoms with Crippen LogP contribution in [0.5, 0.6) is 5.75 Å². The number of unbranched alkanes of at least 4 members (excludes halogenated alkanes) is 1. The number of hydrogen-bond donors (Lipinski definition) is 1. The van der Waals surface area contributed by atoms with Gasteiger partial charge in [0.25, 0.3) is 0 Å². The molecule has 37 heavy (non-hydrogen) atoms. The second kappa shape index (κ2) is 14.4. The Hall–Kier alpha value is -2.49. The van der Waals surface area contributed by atoms with E-state index < -0.39 is 16.1 Å². The molecule has 0 aromatic heterocycles. The lowest BCUT2D eigenvalue weighted by Crippen LogP contribution is -2.48. The molecule has 0 fully saturated rings. The molecule has 2 aromatic rings. The minimum atomic E-state index is -3.64. The van der Waals surface area contributed by atoms with Gasteiger partial charge in [-0.15, -0.1) is 0 Å². The highest BCUT2D eigenvalue weighted by Crippen LogP contribution is 2.30. The molecule has 0 aliphatic rings. The van der Waals surface area contributed by atoms with Crippen molar-refractivity contribution in [1.29, 1.82) is 0 Å². The standard InChI is InChI=1S/C26H35Cl2N3O5S/c1-5-6-14-29-26(33)19(2)30(18-20-9-7-10-21(27)16-20)25(32)11-8-15-31(37(4,34)35)22-12-13-24(36-3)23(28)17-22/h7,9-10,12-13,16-17,19H,5-6,8,11,14-15,18H2,1-4H3,(H,29,33). The summed E-state index contributed by atoms with van der Waals surface area (Å²) in [5, 5.41) is 3.69. The summed E-state index contributed by atoms with van der Waals surface area (Å²) < 4.78 is 31.3. The monoisotopic (exact) mass is 571 g/mol. The summed E-state index contributed by atoms with van der Waals surface area (Å²) in [7, 11) is -2.16. The first-order valence-electron chi connectivity index (χ1n) is 12.1. The van der Waals surface area contributed by atoms with Crippen molar-refractivity contribution in [2.24, 2.45) is 0 Å². The second-order valence-electron chi connectivity index (χ2n) is 8.73. The van der Waals surface area contributed by atoms with E-state index >= 15 is 0 Å². The molecule has 8 nitrogen and oxygen atoms in total. The van der Waals surface area contributed by atoms with E-state index in [2.05, 4.69) is 5.32 Å². The van der Waals surface area contributed by atoms with Gasteiger partial charge in [-0.2, -0.15) is 0 Å². The first kappa shape index (κ1) is 30.7. The predicted octanol–water partition coefficient (Wildman–Crippen LogP) is 4.88.